The second-order valence-corrected chi connectivity index (χ2v) is 5.80. The quantitative estimate of drug-likeness (QED) is 0.156. The number of methoxy groups -OCH3 is 2. The van der Waals surface area contributed by atoms with Gasteiger partial charge in [0.15, 0.2) is 11.5 Å². The molecule has 0 bridgehead atoms. The smallest absolute Gasteiger partial charge is 0.284 e. The Labute approximate surface area is 146 Å². The van der Waals surface area contributed by atoms with Crippen LogP contribution in [0.25, 0.3) is 0 Å². The van der Waals surface area contributed by atoms with Gasteiger partial charge in [-0.3, -0.25) is 19.7 Å². The highest BCUT2D eigenvalue weighted by Gasteiger charge is 2.31. The van der Waals surface area contributed by atoms with Crippen molar-refractivity contribution in [1.82, 2.24) is 0 Å². The number of carbonyl (C=O) groups is 2. The first kappa shape index (κ1) is 19.6. The van der Waals surface area contributed by atoms with E-state index in [1.807, 2.05) is 6.07 Å². The molecule has 1 atom stereocenters. The Bertz CT molecular complexity index is 698. The van der Waals surface area contributed by atoms with E-state index in [2.05, 4.69) is 15.9 Å². The third kappa shape index (κ3) is 4.52. The van der Waals surface area contributed by atoms with Gasteiger partial charge < -0.3 is 9.47 Å². The molecular weight excluding hydrogens is 384 g/mol. The van der Waals surface area contributed by atoms with Gasteiger partial charge in [-0.25, -0.2) is 0 Å². The van der Waals surface area contributed by atoms with Gasteiger partial charge in [-0.2, -0.15) is 5.26 Å². The summed E-state index contributed by atoms with van der Waals surface area (Å²) in [5.74, 6) is -1.63. The number of rotatable bonds is 9. The number of nitriles is 1. The second-order valence-electron chi connectivity index (χ2n) is 4.69. The van der Waals surface area contributed by atoms with Crippen LogP contribution in [0.1, 0.15) is 29.6 Å². The van der Waals surface area contributed by atoms with E-state index in [0.29, 0.717) is 6.42 Å². The van der Waals surface area contributed by atoms with Crippen LogP contribution < -0.4 is 9.47 Å². The molecule has 0 spiro atoms. The Hall–Kier alpha value is -2.47. The van der Waals surface area contributed by atoms with Crippen molar-refractivity contribution in [1.29, 1.82) is 5.26 Å². The predicted octanol–water partition coefficient (Wildman–Crippen LogP) is 2.82. The van der Waals surface area contributed by atoms with Crippen LogP contribution in [0, 0.1) is 21.4 Å². The number of halogens is 1. The zero-order valence-corrected chi connectivity index (χ0v) is 14.7. The van der Waals surface area contributed by atoms with Gasteiger partial charge in [0.1, 0.15) is 5.56 Å². The van der Waals surface area contributed by atoms with Gasteiger partial charge in [-0.1, -0.05) is 15.9 Å². The Kier molecular flexibility index (Phi) is 7.32. The average molecular weight is 399 g/mol. The van der Waals surface area contributed by atoms with E-state index < -0.39 is 27.0 Å². The van der Waals surface area contributed by atoms with E-state index >= 15 is 0 Å². The molecule has 8 nitrogen and oxygen atoms in total. The zero-order valence-electron chi connectivity index (χ0n) is 13.1. The van der Waals surface area contributed by atoms with Gasteiger partial charge in [0.2, 0.25) is 11.6 Å². The molecule has 0 aromatic heterocycles. The SMILES string of the molecule is COc1cc(C(=O)C(=O)C(Br)CCCC#N)c([N+](=O)[O-])cc1OC. The van der Waals surface area contributed by atoms with Crippen LogP contribution in [-0.4, -0.2) is 35.5 Å². The largest absolute Gasteiger partial charge is 0.493 e. The summed E-state index contributed by atoms with van der Waals surface area (Å²) in [6.07, 6.45) is 0.957. The molecule has 1 aromatic rings. The molecular formula is C15H15BrN2O6. The first-order valence-electron chi connectivity index (χ1n) is 6.87. The van der Waals surface area contributed by atoms with Crippen molar-refractivity contribution in [2.75, 3.05) is 14.2 Å². The molecule has 24 heavy (non-hydrogen) atoms. The highest BCUT2D eigenvalue weighted by atomic mass is 79.9. The highest BCUT2D eigenvalue weighted by Crippen LogP contribution is 2.35. The number of ketones is 2. The molecule has 128 valence electrons. The summed E-state index contributed by atoms with van der Waals surface area (Å²) in [6, 6.07) is 4.10. The standard InChI is InChI=1S/C15H15BrN2O6/c1-23-12-7-9(11(18(21)22)8-13(12)24-2)14(19)15(20)10(16)5-3-4-6-17/h7-8,10H,3-5H2,1-2H3. The van der Waals surface area contributed by atoms with E-state index in [4.69, 9.17) is 14.7 Å². The molecule has 0 aliphatic rings. The number of nitro groups is 1. The fourth-order valence-corrected chi connectivity index (χ4v) is 2.50. The Morgan fingerprint density at radius 2 is 1.92 bits per heavy atom. The molecule has 0 saturated heterocycles. The van der Waals surface area contributed by atoms with Gasteiger partial charge in [0, 0.05) is 12.5 Å². The summed E-state index contributed by atoms with van der Waals surface area (Å²) in [4.78, 5) is 34.2. The first-order chi connectivity index (χ1) is 11.4. The maximum Gasteiger partial charge on any atom is 0.284 e. The van der Waals surface area contributed by atoms with E-state index in [1.165, 1.54) is 14.2 Å². The number of alkyl halides is 1. The summed E-state index contributed by atoms with van der Waals surface area (Å²) in [5.41, 5.74) is -0.907. The molecule has 0 aliphatic heterocycles. The molecule has 0 amide bonds. The fraction of sp³-hybridized carbons (Fsp3) is 0.400. The van der Waals surface area contributed by atoms with Gasteiger partial charge in [-0.15, -0.1) is 0 Å². The van der Waals surface area contributed by atoms with Crippen molar-refractivity contribution < 1.29 is 24.0 Å². The first-order valence-corrected chi connectivity index (χ1v) is 7.78. The molecule has 9 heteroatoms. The Balaban J connectivity index is 3.19. The number of ether oxygens (including phenoxy) is 2. The third-order valence-corrected chi connectivity index (χ3v) is 4.07. The molecule has 0 N–H and O–H groups in total. The van der Waals surface area contributed by atoms with Gasteiger partial charge >= 0.3 is 0 Å². The van der Waals surface area contributed by atoms with E-state index in [1.54, 1.807) is 0 Å². The van der Waals surface area contributed by atoms with Crippen LogP contribution in [0.2, 0.25) is 0 Å². The maximum absolute atomic E-state index is 12.4. The number of hydrogen-bond acceptors (Lipinski definition) is 7. The van der Waals surface area contributed by atoms with Crippen LogP contribution in [0.3, 0.4) is 0 Å². The number of nitrogens with zero attached hydrogens (tertiary/aromatic N) is 2. The van der Waals surface area contributed by atoms with E-state index in [9.17, 15) is 19.7 Å². The van der Waals surface area contributed by atoms with E-state index in [0.717, 1.165) is 12.1 Å². The fourth-order valence-electron chi connectivity index (χ4n) is 1.97. The summed E-state index contributed by atoms with van der Waals surface area (Å²) >= 11 is 3.09. The Morgan fingerprint density at radius 1 is 1.33 bits per heavy atom. The molecule has 0 saturated carbocycles. The molecule has 1 unspecified atom stereocenters. The summed E-state index contributed by atoms with van der Waals surface area (Å²) < 4.78 is 9.99. The van der Waals surface area contributed by atoms with Crippen molar-refractivity contribution in [2.24, 2.45) is 0 Å². The predicted molar refractivity (Wildman–Crippen MR) is 87.7 cm³/mol. The lowest BCUT2D eigenvalue weighted by Crippen LogP contribution is -2.25. The minimum absolute atomic E-state index is 0.0811. The lowest BCUT2D eigenvalue weighted by atomic mass is 10.0. The summed E-state index contributed by atoms with van der Waals surface area (Å²) in [7, 11) is 2.62. The Morgan fingerprint density at radius 3 is 2.42 bits per heavy atom. The zero-order chi connectivity index (χ0) is 18.3. The molecule has 0 aliphatic carbocycles. The van der Waals surface area contributed by atoms with Crippen molar-refractivity contribution in [2.45, 2.75) is 24.1 Å². The number of hydrogen-bond donors (Lipinski definition) is 0. The average Bonchev–Trinajstić information content (AvgIpc) is 2.58. The number of nitro benzene ring substituents is 1. The van der Waals surface area contributed by atoms with Gasteiger partial charge in [-0.05, 0) is 12.8 Å². The lowest BCUT2D eigenvalue weighted by Gasteiger charge is -2.11. The minimum atomic E-state index is -0.999. The number of Topliss-reactive ketones (excluding diaryl/α,β-unsaturated/α-hetero) is 2. The van der Waals surface area contributed by atoms with Crippen LogP contribution in [0.15, 0.2) is 12.1 Å². The molecule has 0 heterocycles. The number of carbonyl (C=O) groups excluding carboxylic acids is 2. The molecule has 0 fully saturated rings. The summed E-state index contributed by atoms with van der Waals surface area (Å²) in [5, 5.41) is 19.7. The van der Waals surface area contributed by atoms with Crippen molar-refractivity contribution >= 4 is 33.2 Å². The number of unbranched alkanes of at least 4 members (excludes halogenated alkanes) is 1. The van der Waals surface area contributed by atoms with E-state index in [-0.39, 0.29) is 29.9 Å². The van der Waals surface area contributed by atoms with Crippen molar-refractivity contribution in [3.63, 3.8) is 0 Å². The molecule has 1 aromatic carbocycles. The second kappa shape index (κ2) is 8.98. The van der Waals surface area contributed by atoms with Crippen LogP contribution in [0.5, 0.6) is 11.5 Å². The number of benzene rings is 1. The van der Waals surface area contributed by atoms with Crippen LogP contribution in [0.4, 0.5) is 5.69 Å². The third-order valence-electron chi connectivity index (χ3n) is 3.20. The van der Waals surface area contributed by atoms with Gasteiger partial charge in [0.05, 0.1) is 36.1 Å². The maximum atomic E-state index is 12.4. The highest BCUT2D eigenvalue weighted by molar-refractivity contribution is 9.10. The minimum Gasteiger partial charge on any atom is -0.493 e. The van der Waals surface area contributed by atoms with Gasteiger partial charge in [0.25, 0.3) is 5.69 Å². The lowest BCUT2D eigenvalue weighted by molar-refractivity contribution is -0.385. The monoisotopic (exact) mass is 398 g/mol. The normalized spacial score (nSPS) is 11.2. The molecule has 0 radical (unpaired) electrons. The van der Waals surface area contributed by atoms with Crippen LogP contribution >= 0.6 is 15.9 Å². The molecule has 1 rings (SSSR count). The van der Waals surface area contributed by atoms with Crippen LogP contribution in [-0.2, 0) is 4.79 Å². The van der Waals surface area contributed by atoms with Crippen molar-refractivity contribution in [3.8, 4) is 17.6 Å². The van der Waals surface area contributed by atoms with Crippen molar-refractivity contribution in [3.05, 3.63) is 27.8 Å². The summed E-state index contributed by atoms with van der Waals surface area (Å²) in [6.45, 7) is 0. The topological polar surface area (TPSA) is 120 Å².